The van der Waals surface area contributed by atoms with E-state index in [9.17, 15) is 4.79 Å². The molecule has 2 N–H and O–H groups in total. The Labute approximate surface area is 111 Å². The monoisotopic (exact) mass is 260 g/mol. The molecule has 100 valence electrons. The van der Waals surface area contributed by atoms with E-state index >= 15 is 0 Å². The Hall–Kier alpha value is -2.14. The van der Waals surface area contributed by atoms with Crippen LogP contribution in [0.1, 0.15) is 17.4 Å². The van der Waals surface area contributed by atoms with Gasteiger partial charge in [0.2, 0.25) is 0 Å². The summed E-state index contributed by atoms with van der Waals surface area (Å²) in [5, 5.41) is 15.3. The quantitative estimate of drug-likeness (QED) is 0.858. The molecule has 0 aliphatic carbocycles. The average Bonchev–Trinajstić information content (AvgIpc) is 2.95. The molecule has 0 radical (unpaired) electrons. The van der Waals surface area contributed by atoms with Crippen LogP contribution in [0.3, 0.4) is 0 Å². The minimum absolute atomic E-state index is 0.0180. The third-order valence-electron chi connectivity index (χ3n) is 2.72. The van der Waals surface area contributed by atoms with E-state index < -0.39 is 0 Å². The van der Waals surface area contributed by atoms with Gasteiger partial charge in [0.1, 0.15) is 0 Å². The molecule has 1 amide bonds. The summed E-state index contributed by atoms with van der Waals surface area (Å²) in [6.07, 6.45) is 0. The molecular formula is C14H16N2O3. The molecule has 5 heteroatoms. The van der Waals surface area contributed by atoms with Gasteiger partial charge in [-0.05, 0) is 5.92 Å². The highest BCUT2D eigenvalue weighted by Crippen LogP contribution is 2.19. The number of aliphatic hydroxyl groups excluding tert-OH is 1. The standard InChI is InChI=1S/C14H16N2O3/c1-10(9-17)8-15-14(18)12-7-13(19-16-12)11-5-3-2-4-6-11/h2-7,10,17H,8-9H2,1H3,(H,15,18). The van der Waals surface area contributed by atoms with Gasteiger partial charge < -0.3 is 14.9 Å². The summed E-state index contributed by atoms with van der Waals surface area (Å²) in [7, 11) is 0. The van der Waals surface area contributed by atoms with Crippen LogP contribution in [0.15, 0.2) is 40.9 Å². The summed E-state index contributed by atoms with van der Waals surface area (Å²) in [5.41, 5.74) is 1.11. The number of carbonyl (C=O) groups excluding carboxylic acids is 1. The van der Waals surface area contributed by atoms with E-state index in [0.717, 1.165) is 5.56 Å². The largest absolute Gasteiger partial charge is 0.396 e. The Morgan fingerprint density at radius 2 is 2.16 bits per heavy atom. The van der Waals surface area contributed by atoms with Crippen molar-refractivity contribution >= 4 is 5.91 Å². The van der Waals surface area contributed by atoms with Crippen LogP contribution >= 0.6 is 0 Å². The van der Waals surface area contributed by atoms with E-state index in [1.807, 2.05) is 37.3 Å². The zero-order valence-electron chi connectivity index (χ0n) is 10.7. The first-order chi connectivity index (χ1) is 9.20. The summed E-state index contributed by atoms with van der Waals surface area (Å²) in [4.78, 5) is 11.8. The molecule has 2 rings (SSSR count). The van der Waals surface area contributed by atoms with E-state index in [2.05, 4.69) is 10.5 Å². The van der Waals surface area contributed by atoms with Gasteiger partial charge in [-0.15, -0.1) is 0 Å². The van der Waals surface area contributed by atoms with Gasteiger partial charge in [0.25, 0.3) is 5.91 Å². The molecule has 19 heavy (non-hydrogen) atoms. The van der Waals surface area contributed by atoms with Crippen LogP contribution in [0, 0.1) is 5.92 Å². The smallest absolute Gasteiger partial charge is 0.273 e. The van der Waals surface area contributed by atoms with E-state index in [4.69, 9.17) is 9.63 Å². The van der Waals surface area contributed by atoms with Crippen molar-refractivity contribution < 1.29 is 14.4 Å². The first kappa shape index (κ1) is 13.3. The molecule has 0 saturated heterocycles. The lowest BCUT2D eigenvalue weighted by Crippen LogP contribution is -2.29. The third kappa shape index (κ3) is 3.42. The topological polar surface area (TPSA) is 75.4 Å². The molecule has 1 aromatic carbocycles. The van der Waals surface area contributed by atoms with E-state index in [-0.39, 0.29) is 24.1 Å². The molecule has 0 bridgehead atoms. The number of aliphatic hydroxyl groups is 1. The van der Waals surface area contributed by atoms with Crippen LogP contribution in [-0.2, 0) is 0 Å². The van der Waals surface area contributed by atoms with E-state index in [1.165, 1.54) is 0 Å². The minimum atomic E-state index is -0.300. The molecular weight excluding hydrogens is 244 g/mol. The van der Waals surface area contributed by atoms with Crippen LogP contribution in [0.5, 0.6) is 0 Å². The maximum Gasteiger partial charge on any atom is 0.273 e. The lowest BCUT2D eigenvalue weighted by molar-refractivity contribution is 0.0933. The summed E-state index contributed by atoms with van der Waals surface area (Å²) >= 11 is 0. The van der Waals surface area contributed by atoms with Crippen LogP contribution in [-0.4, -0.2) is 29.3 Å². The van der Waals surface area contributed by atoms with Gasteiger partial charge >= 0.3 is 0 Å². The summed E-state index contributed by atoms with van der Waals surface area (Å²) < 4.78 is 5.14. The Morgan fingerprint density at radius 1 is 1.42 bits per heavy atom. The fourth-order valence-corrected chi connectivity index (χ4v) is 1.54. The summed E-state index contributed by atoms with van der Waals surface area (Å²) in [5.74, 6) is 0.275. The molecule has 1 aromatic heterocycles. The van der Waals surface area contributed by atoms with Gasteiger partial charge in [-0.3, -0.25) is 4.79 Å². The van der Waals surface area contributed by atoms with Gasteiger partial charge in [0.15, 0.2) is 11.5 Å². The maximum absolute atomic E-state index is 11.8. The van der Waals surface area contributed by atoms with Crippen LogP contribution in [0.2, 0.25) is 0 Å². The molecule has 1 atom stereocenters. The van der Waals surface area contributed by atoms with Gasteiger partial charge in [-0.25, -0.2) is 0 Å². The Kier molecular flexibility index (Phi) is 4.30. The zero-order chi connectivity index (χ0) is 13.7. The van der Waals surface area contributed by atoms with Gasteiger partial charge in [-0.2, -0.15) is 0 Å². The fourth-order valence-electron chi connectivity index (χ4n) is 1.54. The van der Waals surface area contributed by atoms with Crippen LogP contribution < -0.4 is 5.32 Å². The number of aromatic nitrogens is 1. The normalized spacial score (nSPS) is 12.1. The SMILES string of the molecule is CC(CO)CNC(=O)c1cc(-c2ccccc2)on1. The summed E-state index contributed by atoms with van der Waals surface area (Å²) in [6, 6.07) is 11.1. The number of hydrogen-bond donors (Lipinski definition) is 2. The molecule has 0 aliphatic rings. The fraction of sp³-hybridized carbons (Fsp3) is 0.286. The second-order valence-electron chi connectivity index (χ2n) is 4.44. The van der Waals surface area contributed by atoms with Gasteiger partial charge in [-0.1, -0.05) is 42.4 Å². The molecule has 1 unspecified atom stereocenters. The average molecular weight is 260 g/mol. The highest BCUT2D eigenvalue weighted by molar-refractivity contribution is 5.93. The van der Waals surface area contributed by atoms with Crippen molar-refractivity contribution in [3.63, 3.8) is 0 Å². The number of nitrogens with one attached hydrogen (secondary N) is 1. The Balaban J connectivity index is 2.03. The molecule has 2 aromatic rings. The zero-order valence-corrected chi connectivity index (χ0v) is 10.7. The highest BCUT2D eigenvalue weighted by atomic mass is 16.5. The van der Waals surface area contributed by atoms with Crippen molar-refractivity contribution in [1.29, 1.82) is 0 Å². The number of rotatable bonds is 5. The number of amides is 1. The first-order valence-corrected chi connectivity index (χ1v) is 6.12. The van der Waals surface area contributed by atoms with Crippen molar-refractivity contribution in [3.05, 3.63) is 42.1 Å². The Bertz CT molecular complexity index is 537. The predicted molar refractivity (Wildman–Crippen MR) is 70.5 cm³/mol. The number of carbonyl (C=O) groups is 1. The van der Waals surface area contributed by atoms with Crippen LogP contribution in [0.25, 0.3) is 11.3 Å². The molecule has 0 fully saturated rings. The van der Waals surface area contributed by atoms with Crippen molar-refractivity contribution in [2.45, 2.75) is 6.92 Å². The van der Waals surface area contributed by atoms with Gasteiger partial charge in [0.05, 0.1) is 0 Å². The van der Waals surface area contributed by atoms with Crippen molar-refractivity contribution in [2.75, 3.05) is 13.2 Å². The molecule has 1 heterocycles. The second kappa shape index (κ2) is 6.15. The lowest BCUT2D eigenvalue weighted by atomic mass is 10.1. The lowest BCUT2D eigenvalue weighted by Gasteiger charge is -2.07. The predicted octanol–water partition coefficient (Wildman–Crippen LogP) is 1.70. The number of benzene rings is 1. The molecule has 0 spiro atoms. The van der Waals surface area contributed by atoms with Crippen LogP contribution in [0.4, 0.5) is 0 Å². The van der Waals surface area contributed by atoms with Crippen molar-refractivity contribution in [3.8, 4) is 11.3 Å². The van der Waals surface area contributed by atoms with Gasteiger partial charge in [0, 0.05) is 24.8 Å². The first-order valence-electron chi connectivity index (χ1n) is 6.12. The number of hydrogen-bond acceptors (Lipinski definition) is 4. The third-order valence-corrected chi connectivity index (χ3v) is 2.72. The molecule has 0 saturated carbocycles. The molecule has 5 nitrogen and oxygen atoms in total. The highest BCUT2D eigenvalue weighted by Gasteiger charge is 2.13. The van der Waals surface area contributed by atoms with E-state index in [0.29, 0.717) is 12.3 Å². The minimum Gasteiger partial charge on any atom is -0.396 e. The summed E-state index contributed by atoms with van der Waals surface area (Å²) in [6.45, 7) is 2.29. The van der Waals surface area contributed by atoms with Crippen molar-refractivity contribution in [2.24, 2.45) is 5.92 Å². The Morgan fingerprint density at radius 3 is 2.84 bits per heavy atom. The maximum atomic E-state index is 11.8. The van der Waals surface area contributed by atoms with Crippen molar-refractivity contribution in [1.82, 2.24) is 10.5 Å². The number of nitrogens with zero attached hydrogens (tertiary/aromatic N) is 1. The van der Waals surface area contributed by atoms with E-state index in [1.54, 1.807) is 6.07 Å². The molecule has 0 aliphatic heterocycles. The second-order valence-corrected chi connectivity index (χ2v) is 4.44.